The molecule has 1 unspecified atom stereocenters. The van der Waals surface area contributed by atoms with E-state index in [0.717, 1.165) is 36.2 Å². The lowest BCUT2D eigenvalue weighted by molar-refractivity contribution is 0.0931. The molecule has 0 saturated heterocycles. The zero-order valence-electron chi connectivity index (χ0n) is 21.2. The van der Waals surface area contributed by atoms with Crippen LogP contribution in [-0.2, 0) is 0 Å². The highest BCUT2D eigenvalue weighted by atomic mass is 19.1. The molecule has 0 bridgehead atoms. The molecule has 1 heterocycles. The Morgan fingerprint density at radius 3 is 2.55 bits per heavy atom. The molecule has 0 radical (unpaired) electrons. The number of carbonyl (C=O) groups excluding carboxylic acids is 1. The molecule has 3 aliphatic rings. The van der Waals surface area contributed by atoms with Crippen LogP contribution in [0.2, 0.25) is 0 Å². The van der Waals surface area contributed by atoms with E-state index in [2.05, 4.69) is 42.1 Å². The number of nitrogens with one attached hydrogen (secondary N) is 2. The van der Waals surface area contributed by atoms with Gasteiger partial charge in [-0.3, -0.25) is 9.80 Å². The number of amides is 1. The van der Waals surface area contributed by atoms with Crippen molar-refractivity contribution in [2.45, 2.75) is 32.2 Å². The van der Waals surface area contributed by atoms with Crippen molar-refractivity contribution in [3.05, 3.63) is 130 Å². The molecule has 3 atom stereocenters. The molecule has 6 heteroatoms. The second kappa shape index (κ2) is 9.86. The first kappa shape index (κ1) is 24.0. The van der Waals surface area contributed by atoms with E-state index >= 15 is 0 Å². The van der Waals surface area contributed by atoms with Crippen molar-refractivity contribution in [1.29, 1.82) is 0 Å². The normalized spacial score (nSPS) is 20.7. The van der Waals surface area contributed by atoms with Gasteiger partial charge in [-0.2, -0.15) is 0 Å². The molecular formula is C32H30FN3O2. The fourth-order valence-electron chi connectivity index (χ4n) is 6.06. The monoisotopic (exact) mass is 507 g/mol. The van der Waals surface area contributed by atoms with Gasteiger partial charge in [-0.25, -0.2) is 4.39 Å². The number of allylic oxidation sites excluding steroid dienone is 4. The molecule has 2 aliphatic carbocycles. The number of nitrogens with zero attached hydrogens (tertiary/aromatic N) is 1. The summed E-state index contributed by atoms with van der Waals surface area (Å²) in [6, 6.07) is 22.9. The molecule has 0 aromatic heterocycles. The van der Waals surface area contributed by atoms with Crippen LogP contribution in [0.1, 0.15) is 48.1 Å². The van der Waals surface area contributed by atoms with Crippen molar-refractivity contribution < 1.29 is 14.3 Å². The van der Waals surface area contributed by atoms with E-state index in [0.29, 0.717) is 11.5 Å². The first-order valence-corrected chi connectivity index (χ1v) is 13.1. The second-order valence-electron chi connectivity index (χ2n) is 10.2. The van der Waals surface area contributed by atoms with Crippen LogP contribution in [0, 0.1) is 17.7 Å². The third kappa shape index (κ3) is 4.47. The summed E-state index contributed by atoms with van der Waals surface area (Å²) in [5.41, 5.74) is 11.0. The minimum absolute atomic E-state index is 0.138. The van der Waals surface area contributed by atoms with Crippen molar-refractivity contribution in [3.63, 3.8) is 0 Å². The van der Waals surface area contributed by atoms with E-state index in [1.807, 2.05) is 23.2 Å². The van der Waals surface area contributed by atoms with Crippen molar-refractivity contribution in [3.8, 4) is 5.75 Å². The molecule has 0 spiro atoms. The van der Waals surface area contributed by atoms with Crippen LogP contribution in [0.3, 0.4) is 0 Å². The zero-order valence-corrected chi connectivity index (χ0v) is 21.2. The Hall–Kier alpha value is -4.32. The minimum Gasteiger partial charge on any atom is -0.508 e. The van der Waals surface area contributed by atoms with Gasteiger partial charge in [0.1, 0.15) is 11.6 Å². The largest absolute Gasteiger partial charge is 0.508 e. The maximum Gasteiger partial charge on any atom is 0.251 e. The smallest absolute Gasteiger partial charge is 0.251 e. The van der Waals surface area contributed by atoms with Crippen LogP contribution in [-0.4, -0.2) is 11.0 Å². The topological polar surface area (TPSA) is 64.6 Å². The summed E-state index contributed by atoms with van der Waals surface area (Å²) in [4.78, 5) is 13.1. The number of phenols is 1. The molecule has 1 amide bonds. The Bertz CT molecular complexity index is 1440. The van der Waals surface area contributed by atoms with Gasteiger partial charge in [-0.05, 0) is 90.9 Å². The van der Waals surface area contributed by atoms with Crippen LogP contribution in [0.4, 0.5) is 10.1 Å². The van der Waals surface area contributed by atoms with Crippen molar-refractivity contribution >= 4 is 11.6 Å². The predicted octanol–water partition coefficient (Wildman–Crippen LogP) is 6.54. The maximum absolute atomic E-state index is 13.5. The van der Waals surface area contributed by atoms with Crippen LogP contribution < -0.4 is 15.8 Å². The molecule has 0 saturated carbocycles. The first-order valence-electron chi connectivity index (χ1n) is 13.1. The van der Waals surface area contributed by atoms with E-state index in [-0.39, 0.29) is 29.4 Å². The Morgan fingerprint density at radius 1 is 1.08 bits per heavy atom. The van der Waals surface area contributed by atoms with Gasteiger partial charge in [0.15, 0.2) is 0 Å². The molecule has 3 aromatic carbocycles. The fraction of sp³-hybridized carbons (Fsp3) is 0.219. The number of fused-ring (bicyclic) bond motifs is 1. The van der Waals surface area contributed by atoms with Crippen molar-refractivity contribution in [2.24, 2.45) is 11.8 Å². The highest BCUT2D eigenvalue weighted by molar-refractivity contribution is 5.94. The third-order valence-electron chi connectivity index (χ3n) is 7.94. The molecule has 5 nitrogen and oxygen atoms in total. The van der Waals surface area contributed by atoms with Gasteiger partial charge in [0, 0.05) is 23.3 Å². The summed E-state index contributed by atoms with van der Waals surface area (Å²) in [6.07, 6.45) is 7.17. The number of hydrazine groups is 1. The molecule has 1 aliphatic heterocycles. The van der Waals surface area contributed by atoms with Crippen LogP contribution >= 0.6 is 0 Å². The Morgan fingerprint density at radius 2 is 1.82 bits per heavy atom. The molecule has 0 fully saturated rings. The average Bonchev–Trinajstić information content (AvgIpc) is 3.54. The molecule has 3 N–H and O–H groups in total. The van der Waals surface area contributed by atoms with Crippen LogP contribution in [0.15, 0.2) is 114 Å². The number of hydrogen-bond donors (Lipinski definition) is 3. The quantitative estimate of drug-likeness (QED) is 0.354. The highest BCUT2D eigenvalue weighted by Gasteiger charge is 2.39. The van der Waals surface area contributed by atoms with Gasteiger partial charge in [0.2, 0.25) is 0 Å². The van der Waals surface area contributed by atoms with Crippen LogP contribution in [0.5, 0.6) is 5.75 Å². The average molecular weight is 508 g/mol. The lowest BCUT2D eigenvalue weighted by Crippen LogP contribution is -2.31. The third-order valence-corrected chi connectivity index (χ3v) is 7.94. The van der Waals surface area contributed by atoms with E-state index in [1.54, 1.807) is 24.3 Å². The van der Waals surface area contributed by atoms with E-state index < -0.39 is 0 Å². The fourth-order valence-corrected chi connectivity index (χ4v) is 6.06. The summed E-state index contributed by atoms with van der Waals surface area (Å²) >= 11 is 0. The Kier molecular flexibility index (Phi) is 6.24. The van der Waals surface area contributed by atoms with E-state index in [9.17, 15) is 14.3 Å². The molecule has 6 rings (SSSR count). The van der Waals surface area contributed by atoms with E-state index in [4.69, 9.17) is 0 Å². The Balaban J connectivity index is 1.27. The number of hydrogen-bond acceptors (Lipinski definition) is 4. The summed E-state index contributed by atoms with van der Waals surface area (Å²) in [5.74, 6) is 0.311. The lowest BCUT2D eigenvalue weighted by atomic mass is 9.78. The number of phenolic OH excluding ortho intramolecular Hbond substituents is 1. The number of halogens is 1. The number of anilines is 1. The van der Waals surface area contributed by atoms with Gasteiger partial charge >= 0.3 is 0 Å². The number of aromatic hydroxyl groups is 1. The molecular weight excluding hydrogens is 477 g/mol. The SMILES string of the molecule is C[C@H]1C2=CNN(c3ccc(F)cc3)C2=CC2=C1[C@@H](CC(NC(=O)c1ccc(O)cc1)c1ccccc1)CC2. The summed E-state index contributed by atoms with van der Waals surface area (Å²) in [5, 5.41) is 14.9. The highest BCUT2D eigenvalue weighted by Crippen LogP contribution is 2.49. The maximum atomic E-state index is 13.5. The summed E-state index contributed by atoms with van der Waals surface area (Å²) in [7, 11) is 0. The minimum atomic E-state index is -0.249. The van der Waals surface area contributed by atoms with Gasteiger partial charge in [0.25, 0.3) is 5.91 Å². The standard InChI is InChI=1S/C32H30FN3O2/c1-20-28-19-34-36(26-13-11-25(33)12-14-26)30(28)18-24-8-7-23(31(20)24)17-29(21-5-3-2-4-6-21)35-32(38)22-9-15-27(37)16-10-22/h2-6,9-16,18-20,23,29,34,37H,7-8,17H2,1H3,(H,35,38)/t20-,23+,29?/m0/s1. The zero-order chi connectivity index (χ0) is 26.2. The summed E-state index contributed by atoms with van der Waals surface area (Å²) < 4.78 is 13.5. The number of rotatable bonds is 6. The lowest BCUT2D eigenvalue weighted by Gasteiger charge is -2.31. The number of benzene rings is 3. The predicted molar refractivity (Wildman–Crippen MR) is 146 cm³/mol. The van der Waals surface area contributed by atoms with Gasteiger partial charge in [-0.15, -0.1) is 0 Å². The van der Waals surface area contributed by atoms with Crippen LogP contribution in [0.25, 0.3) is 0 Å². The molecule has 192 valence electrons. The molecule has 3 aromatic rings. The van der Waals surface area contributed by atoms with Gasteiger partial charge < -0.3 is 15.8 Å². The van der Waals surface area contributed by atoms with E-state index in [1.165, 1.54) is 41.0 Å². The molecule has 38 heavy (non-hydrogen) atoms. The second-order valence-corrected chi connectivity index (χ2v) is 10.2. The number of carbonyl (C=O) groups is 1. The van der Waals surface area contributed by atoms with Gasteiger partial charge in [0.05, 0.1) is 17.4 Å². The first-order chi connectivity index (χ1) is 18.5. The van der Waals surface area contributed by atoms with Gasteiger partial charge in [-0.1, -0.05) is 42.8 Å². The summed E-state index contributed by atoms with van der Waals surface area (Å²) in [6.45, 7) is 2.26. The van der Waals surface area contributed by atoms with Crippen molar-refractivity contribution in [1.82, 2.24) is 10.7 Å². The Labute approximate surface area is 222 Å². The van der Waals surface area contributed by atoms with Crippen molar-refractivity contribution in [2.75, 3.05) is 5.01 Å².